The third-order valence-electron chi connectivity index (χ3n) is 9.71. The zero-order valence-electron chi connectivity index (χ0n) is 17.1. The monoisotopic (exact) mass is 346 g/mol. The molecule has 0 unspecified atom stereocenters. The van der Waals surface area contributed by atoms with Crippen LogP contribution in [0.25, 0.3) is 0 Å². The average molecular weight is 347 g/mol. The van der Waals surface area contributed by atoms with Gasteiger partial charge < -0.3 is 9.47 Å². The third kappa shape index (κ3) is 2.16. The molecule has 2 spiro atoms. The van der Waals surface area contributed by atoms with Crippen LogP contribution in [0.4, 0.5) is 0 Å². The van der Waals surface area contributed by atoms with Gasteiger partial charge in [0.05, 0.1) is 12.2 Å². The fourth-order valence-corrected chi connectivity index (χ4v) is 9.06. The van der Waals surface area contributed by atoms with E-state index in [1.54, 1.807) is 0 Å². The van der Waals surface area contributed by atoms with Crippen LogP contribution in [-0.4, -0.2) is 18.0 Å². The molecule has 5 aliphatic rings. The first-order valence-corrected chi connectivity index (χ1v) is 11.0. The SMILES string of the molecule is CC1(C)OC[C@]2(C[C@@]34CC[C@@H]5C(C)(C)CCC[C@@]5(C)[C@@H]3CC[C@@H]2C4)O1. The van der Waals surface area contributed by atoms with Crippen molar-refractivity contribution in [3.05, 3.63) is 0 Å². The fraction of sp³-hybridized carbons (Fsp3) is 1.00. The van der Waals surface area contributed by atoms with E-state index in [4.69, 9.17) is 9.47 Å². The van der Waals surface area contributed by atoms with E-state index in [-0.39, 0.29) is 11.4 Å². The molecule has 0 aromatic rings. The molecule has 0 N–H and O–H groups in total. The second-order valence-corrected chi connectivity index (χ2v) is 11.9. The van der Waals surface area contributed by atoms with Gasteiger partial charge >= 0.3 is 0 Å². The topological polar surface area (TPSA) is 18.5 Å². The summed E-state index contributed by atoms with van der Waals surface area (Å²) in [6.45, 7) is 12.9. The van der Waals surface area contributed by atoms with Gasteiger partial charge in [0.25, 0.3) is 0 Å². The highest BCUT2D eigenvalue weighted by Crippen LogP contribution is 2.74. The van der Waals surface area contributed by atoms with Gasteiger partial charge in [-0.15, -0.1) is 0 Å². The number of hydrogen-bond donors (Lipinski definition) is 0. The molecule has 0 aromatic heterocycles. The largest absolute Gasteiger partial charge is 0.347 e. The number of hydrogen-bond acceptors (Lipinski definition) is 2. The molecular formula is C23H38O2. The molecule has 1 heterocycles. The first-order chi connectivity index (χ1) is 11.6. The summed E-state index contributed by atoms with van der Waals surface area (Å²) >= 11 is 0. The minimum absolute atomic E-state index is 0.0334. The maximum atomic E-state index is 6.64. The van der Waals surface area contributed by atoms with Crippen molar-refractivity contribution in [1.82, 2.24) is 0 Å². The van der Waals surface area contributed by atoms with E-state index in [1.807, 2.05) is 0 Å². The summed E-state index contributed by atoms with van der Waals surface area (Å²) in [5.41, 5.74) is 1.68. The summed E-state index contributed by atoms with van der Waals surface area (Å²) in [5, 5.41) is 0. The first kappa shape index (κ1) is 17.0. The van der Waals surface area contributed by atoms with Crippen molar-refractivity contribution in [1.29, 1.82) is 0 Å². The number of ether oxygens (including phenoxy) is 2. The molecule has 4 aliphatic carbocycles. The molecule has 5 fully saturated rings. The highest BCUT2D eigenvalue weighted by atomic mass is 16.8. The maximum Gasteiger partial charge on any atom is 0.163 e. The predicted octanol–water partition coefficient (Wildman–Crippen LogP) is 5.94. The molecule has 2 nitrogen and oxygen atoms in total. The van der Waals surface area contributed by atoms with E-state index in [2.05, 4.69) is 34.6 Å². The summed E-state index contributed by atoms with van der Waals surface area (Å²) in [5.74, 6) is 2.20. The summed E-state index contributed by atoms with van der Waals surface area (Å²) in [6, 6.07) is 0. The molecule has 5 rings (SSSR count). The van der Waals surface area contributed by atoms with E-state index in [1.165, 1.54) is 57.8 Å². The van der Waals surface area contributed by atoms with Crippen LogP contribution in [-0.2, 0) is 9.47 Å². The highest BCUT2D eigenvalue weighted by Gasteiger charge is 2.69. The highest BCUT2D eigenvalue weighted by molar-refractivity contribution is 5.18. The van der Waals surface area contributed by atoms with Crippen LogP contribution in [0.1, 0.15) is 92.4 Å². The van der Waals surface area contributed by atoms with Crippen LogP contribution in [0.2, 0.25) is 0 Å². The predicted molar refractivity (Wildman–Crippen MR) is 100 cm³/mol. The average Bonchev–Trinajstić information content (AvgIpc) is 2.91. The number of fused-ring (bicyclic) bond motifs is 4. The lowest BCUT2D eigenvalue weighted by molar-refractivity contribution is -0.170. The van der Waals surface area contributed by atoms with E-state index < -0.39 is 0 Å². The van der Waals surface area contributed by atoms with Crippen molar-refractivity contribution in [3.8, 4) is 0 Å². The second-order valence-electron chi connectivity index (χ2n) is 11.9. The molecule has 0 amide bonds. The van der Waals surface area contributed by atoms with E-state index in [0.717, 1.165) is 24.4 Å². The summed E-state index contributed by atoms with van der Waals surface area (Å²) in [6.07, 6.45) is 12.7. The van der Waals surface area contributed by atoms with Crippen LogP contribution in [0.3, 0.4) is 0 Å². The van der Waals surface area contributed by atoms with Gasteiger partial charge in [-0.25, -0.2) is 0 Å². The van der Waals surface area contributed by atoms with Crippen LogP contribution in [0, 0.1) is 34.0 Å². The minimum Gasteiger partial charge on any atom is -0.347 e. The molecule has 1 saturated heterocycles. The lowest BCUT2D eigenvalue weighted by atomic mass is 9.41. The van der Waals surface area contributed by atoms with Gasteiger partial charge in [-0.05, 0) is 99.2 Å². The lowest BCUT2D eigenvalue weighted by Crippen LogP contribution is -2.55. The first-order valence-electron chi connectivity index (χ1n) is 11.0. The van der Waals surface area contributed by atoms with Gasteiger partial charge in [0, 0.05) is 0 Å². The molecular weight excluding hydrogens is 308 g/mol. The molecule has 2 bridgehead atoms. The molecule has 142 valence electrons. The Balaban J connectivity index is 1.50. The normalized spacial score (nSPS) is 55.8. The lowest BCUT2D eigenvalue weighted by Gasteiger charge is -2.64. The van der Waals surface area contributed by atoms with E-state index >= 15 is 0 Å². The molecule has 1 aliphatic heterocycles. The van der Waals surface area contributed by atoms with Crippen LogP contribution < -0.4 is 0 Å². The Hall–Kier alpha value is -0.0800. The zero-order valence-corrected chi connectivity index (χ0v) is 17.1. The van der Waals surface area contributed by atoms with Crippen LogP contribution >= 0.6 is 0 Å². The standard InChI is InChI=1S/C23H38O2/c1-19(2)10-6-11-21(5)17(19)9-12-22-13-16(7-8-18(21)22)23(14-22)15-24-20(3,4)25-23/h16-18H,6-15H2,1-5H3/t16-,17-,18+,21-,22+,23+/m1/s1. The van der Waals surface area contributed by atoms with Gasteiger partial charge in [-0.3, -0.25) is 0 Å². The third-order valence-corrected chi connectivity index (χ3v) is 9.71. The molecule has 0 radical (unpaired) electrons. The van der Waals surface area contributed by atoms with Gasteiger partial charge in [-0.2, -0.15) is 0 Å². The summed E-state index contributed by atoms with van der Waals surface area (Å²) < 4.78 is 12.7. The Morgan fingerprint density at radius 2 is 1.64 bits per heavy atom. The Kier molecular flexibility index (Phi) is 3.30. The molecule has 6 atom stereocenters. The molecule has 0 aromatic carbocycles. The van der Waals surface area contributed by atoms with Crippen molar-refractivity contribution >= 4 is 0 Å². The van der Waals surface area contributed by atoms with Crippen molar-refractivity contribution in [3.63, 3.8) is 0 Å². The molecule has 4 saturated carbocycles. The van der Waals surface area contributed by atoms with Gasteiger partial charge in [0.15, 0.2) is 5.79 Å². The maximum absolute atomic E-state index is 6.64. The Morgan fingerprint density at radius 3 is 2.36 bits per heavy atom. The molecule has 2 heteroatoms. The Labute approximate surface area is 154 Å². The second kappa shape index (κ2) is 4.85. The van der Waals surface area contributed by atoms with Gasteiger partial charge in [0.1, 0.15) is 0 Å². The van der Waals surface area contributed by atoms with E-state index in [9.17, 15) is 0 Å². The fourth-order valence-electron chi connectivity index (χ4n) is 9.06. The Bertz CT molecular complexity index is 581. The number of rotatable bonds is 0. The Morgan fingerprint density at radius 1 is 0.840 bits per heavy atom. The zero-order chi connectivity index (χ0) is 17.7. The molecule has 25 heavy (non-hydrogen) atoms. The van der Waals surface area contributed by atoms with Crippen molar-refractivity contribution in [2.45, 2.75) is 104 Å². The van der Waals surface area contributed by atoms with Crippen LogP contribution in [0.5, 0.6) is 0 Å². The van der Waals surface area contributed by atoms with Crippen molar-refractivity contribution in [2.75, 3.05) is 6.61 Å². The van der Waals surface area contributed by atoms with Crippen molar-refractivity contribution < 1.29 is 9.47 Å². The van der Waals surface area contributed by atoms with Crippen LogP contribution in [0.15, 0.2) is 0 Å². The summed E-state index contributed by atoms with van der Waals surface area (Å²) in [7, 11) is 0. The smallest absolute Gasteiger partial charge is 0.163 e. The van der Waals surface area contributed by atoms with Gasteiger partial charge in [-0.1, -0.05) is 27.2 Å². The van der Waals surface area contributed by atoms with Gasteiger partial charge in [0.2, 0.25) is 0 Å². The quantitative estimate of drug-likeness (QED) is 0.540. The van der Waals surface area contributed by atoms with E-state index in [0.29, 0.717) is 16.2 Å². The minimum atomic E-state index is -0.377. The summed E-state index contributed by atoms with van der Waals surface area (Å²) in [4.78, 5) is 0. The van der Waals surface area contributed by atoms with Crippen molar-refractivity contribution in [2.24, 2.45) is 34.0 Å².